The molecule has 25 heavy (non-hydrogen) atoms. The number of aliphatic hydroxyl groups excluding tert-OH is 1. The van der Waals surface area contributed by atoms with Gasteiger partial charge < -0.3 is 15.2 Å². The Balaban J connectivity index is 2.66. The van der Waals surface area contributed by atoms with Gasteiger partial charge in [-0.15, -0.1) is 13.2 Å². The van der Waals surface area contributed by atoms with Gasteiger partial charge in [0, 0.05) is 18.2 Å². The van der Waals surface area contributed by atoms with Crippen molar-refractivity contribution in [2.24, 2.45) is 5.41 Å². The molecule has 0 aliphatic rings. The number of para-hydroxylation sites is 1. The second-order valence-corrected chi connectivity index (χ2v) is 6.91. The Labute approximate surface area is 145 Å². The van der Waals surface area contributed by atoms with Gasteiger partial charge in [-0.2, -0.15) is 0 Å². The second-order valence-electron chi connectivity index (χ2n) is 6.91. The predicted molar refractivity (Wildman–Crippen MR) is 87.9 cm³/mol. The monoisotopic (exact) mass is 362 g/mol. The number of rotatable bonds is 7. The lowest BCUT2D eigenvalue weighted by molar-refractivity contribution is -0.274. The molecule has 0 heterocycles. The number of nitrogens with one attached hydrogen (secondary N) is 1. The van der Waals surface area contributed by atoms with E-state index in [1.54, 1.807) is 18.0 Å². The number of amides is 1. The lowest BCUT2D eigenvalue weighted by Gasteiger charge is -2.36. The fraction of sp³-hybridized carbons (Fsp3) is 0.588. The van der Waals surface area contributed by atoms with Crippen LogP contribution in [0.4, 0.5) is 13.2 Å². The zero-order valence-corrected chi connectivity index (χ0v) is 14.9. The summed E-state index contributed by atoms with van der Waals surface area (Å²) in [4.78, 5) is 13.8. The first kappa shape index (κ1) is 21.2. The van der Waals surface area contributed by atoms with Crippen molar-refractivity contribution in [1.29, 1.82) is 0 Å². The van der Waals surface area contributed by atoms with E-state index >= 15 is 0 Å². The Bertz CT molecular complexity index is 571. The molecule has 0 unspecified atom stereocenters. The fourth-order valence-corrected chi connectivity index (χ4v) is 2.53. The first-order chi connectivity index (χ1) is 11.4. The third-order valence-electron chi connectivity index (χ3n) is 3.77. The lowest BCUT2D eigenvalue weighted by Crippen LogP contribution is -2.48. The van der Waals surface area contributed by atoms with Crippen LogP contribution in [0.1, 0.15) is 26.3 Å². The topological polar surface area (TPSA) is 61.8 Å². The van der Waals surface area contributed by atoms with Crippen molar-refractivity contribution >= 4 is 5.91 Å². The van der Waals surface area contributed by atoms with Crippen LogP contribution >= 0.6 is 0 Å². The van der Waals surface area contributed by atoms with Crippen LogP contribution in [-0.4, -0.2) is 48.5 Å². The molecule has 0 aliphatic carbocycles. The summed E-state index contributed by atoms with van der Waals surface area (Å²) in [6.45, 7) is 5.69. The number of ether oxygens (including phenoxy) is 1. The Morgan fingerprint density at radius 3 is 2.40 bits per heavy atom. The number of nitrogens with zero attached hydrogens (tertiary/aromatic N) is 1. The van der Waals surface area contributed by atoms with Gasteiger partial charge in [0.1, 0.15) is 5.75 Å². The van der Waals surface area contributed by atoms with Gasteiger partial charge in [0.25, 0.3) is 0 Å². The van der Waals surface area contributed by atoms with E-state index in [0.717, 1.165) is 0 Å². The van der Waals surface area contributed by atoms with Crippen LogP contribution in [0.2, 0.25) is 0 Å². The van der Waals surface area contributed by atoms with Crippen LogP contribution in [0.25, 0.3) is 0 Å². The third kappa shape index (κ3) is 7.31. The van der Waals surface area contributed by atoms with E-state index < -0.39 is 6.36 Å². The van der Waals surface area contributed by atoms with Crippen molar-refractivity contribution in [3.8, 4) is 5.75 Å². The number of hydrogen-bond donors (Lipinski definition) is 2. The minimum Gasteiger partial charge on any atom is -0.405 e. The maximum Gasteiger partial charge on any atom is 0.573 e. The number of hydrogen-bond acceptors (Lipinski definition) is 4. The van der Waals surface area contributed by atoms with Crippen molar-refractivity contribution in [3.05, 3.63) is 29.8 Å². The molecule has 0 bridgehead atoms. The Morgan fingerprint density at radius 2 is 1.88 bits per heavy atom. The summed E-state index contributed by atoms with van der Waals surface area (Å²) in [6, 6.07) is 5.42. The number of alkyl halides is 3. The molecule has 2 N–H and O–H groups in total. The van der Waals surface area contributed by atoms with Crippen LogP contribution in [0.3, 0.4) is 0 Å². The van der Waals surface area contributed by atoms with E-state index in [2.05, 4.69) is 10.1 Å². The SMILES string of the molecule is CN(CC(=O)NCc1ccccc1OC(F)(F)F)[C@@H](CO)C(C)(C)C. The molecule has 0 radical (unpaired) electrons. The first-order valence-electron chi connectivity index (χ1n) is 7.85. The van der Waals surface area contributed by atoms with Crippen LogP contribution in [0, 0.1) is 5.41 Å². The third-order valence-corrected chi connectivity index (χ3v) is 3.77. The highest BCUT2D eigenvalue weighted by Crippen LogP contribution is 2.26. The molecule has 5 nitrogen and oxygen atoms in total. The van der Waals surface area contributed by atoms with Gasteiger partial charge in [-0.3, -0.25) is 9.69 Å². The van der Waals surface area contributed by atoms with E-state index in [1.165, 1.54) is 18.2 Å². The largest absolute Gasteiger partial charge is 0.573 e. The standard InChI is InChI=1S/C17H25F3N2O3/c1-16(2,3)14(11-23)22(4)10-15(24)21-9-12-7-5-6-8-13(12)25-17(18,19)20/h5-8,14,23H,9-11H2,1-4H3,(H,21,24)/t14-/m0/s1. The van der Waals surface area contributed by atoms with Crippen molar-refractivity contribution in [1.82, 2.24) is 10.2 Å². The second kappa shape index (κ2) is 8.53. The molecule has 142 valence electrons. The molecule has 8 heteroatoms. The Morgan fingerprint density at radius 1 is 1.28 bits per heavy atom. The summed E-state index contributed by atoms with van der Waals surface area (Å²) in [5, 5.41) is 12.1. The maximum atomic E-state index is 12.4. The van der Waals surface area contributed by atoms with Gasteiger partial charge in [-0.25, -0.2) is 0 Å². The molecular weight excluding hydrogens is 337 g/mol. The lowest BCUT2D eigenvalue weighted by atomic mass is 9.86. The summed E-state index contributed by atoms with van der Waals surface area (Å²) in [5.74, 6) is -0.696. The van der Waals surface area contributed by atoms with E-state index in [4.69, 9.17) is 0 Å². The molecule has 1 aromatic rings. The van der Waals surface area contributed by atoms with Gasteiger partial charge >= 0.3 is 6.36 Å². The summed E-state index contributed by atoms with van der Waals surface area (Å²) in [6.07, 6.45) is -4.79. The highest BCUT2D eigenvalue weighted by Gasteiger charge is 2.32. The number of benzene rings is 1. The van der Waals surface area contributed by atoms with Crippen molar-refractivity contribution in [2.75, 3.05) is 20.2 Å². The Hall–Kier alpha value is -1.80. The highest BCUT2D eigenvalue weighted by atomic mass is 19.4. The van der Waals surface area contributed by atoms with Crippen LogP contribution < -0.4 is 10.1 Å². The molecule has 0 aromatic heterocycles. The smallest absolute Gasteiger partial charge is 0.405 e. The van der Waals surface area contributed by atoms with Crippen LogP contribution in [-0.2, 0) is 11.3 Å². The number of carbonyl (C=O) groups is 1. The van der Waals surface area contributed by atoms with Crippen molar-refractivity contribution in [3.63, 3.8) is 0 Å². The predicted octanol–water partition coefficient (Wildman–Crippen LogP) is 2.54. The van der Waals surface area contributed by atoms with Gasteiger partial charge in [-0.1, -0.05) is 39.0 Å². The molecule has 1 aromatic carbocycles. The van der Waals surface area contributed by atoms with Crippen LogP contribution in [0.5, 0.6) is 5.75 Å². The quantitative estimate of drug-likeness (QED) is 0.783. The minimum atomic E-state index is -4.79. The molecule has 1 rings (SSSR count). The van der Waals surface area contributed by atoms with E-state index in [0.29, 0.717) is 0 Å². The van der Waals surface area contributed by atoms with Crippen molar-refractivity contribution < 1.29 is 27.8 Å². The fourth-order valence-electron chi connectivity index (χ4n) is 2.53. The molecule has 0 saturated carbocycles. The number of aliphatic hydroxyl groups is 1. The molecule has 0 fully saturated rings. The van der Waals surface area contributed by atoms with Gasteiger partial charge in [0.05, 0.1) is 13.2 Å². The average Bonchev–Trinajstić information content (AvgIpc) is 2.43. The molecule has 0 spiro atoms. The van der Waals surface area contributed by atoms with Gasteiger partial charge in [-0.05, 0) is 18.5 Å². The van der Waals surface area contributed by atoms with Gasteiger partial charge in [0.2, 0.25) is 5.91 Å². The van der Waals surface area contributed by atoms with E-state index in [1.807, 2.05) is 20.8 Å². The summed E-state index contributed by atoms with van der Waals surface area (Å²) >= 11 is 0. The average molecular weight is 362 g/mol. The maximum absolute atomic E-state index is 12.4. The molecule has 0 aliphatic heterocycles. The molecule has 1 amide bonds. The van der Waals surface area contributed by atoms with E-state index in [-0.39, 0.29) is 48.4 Å². The summed E-state index contributed by atoms with van der Waals surface area (Å²) in [7, 11) is 1.71. The summed E-state index contributed by atoms with van der Waals surface area (Å²) in [5.41, 5.74) is 0.00191. The van der Waals surface area contributed by atoms with Crippen molar-refractivity contribution in [2.45, 2.75) is 39.7 Å². The first-order valence-corrected chi connectivity index (χ1v) is 7.85. The van der Waals surface area contributed by atoms with Crippen LogP contribution in [0.15, 0.2) is 24.3 Å². The summed E-state index contributed by atoms with van der Waals surface area (Å²) < 4.78 is 41.1. The normalized spacial score (nSPS) is 13.6. The molecule has 0 saturated heterocycles. The number of halogens is 3. The zero-order chi connectivity index (χ0) is 19.3. The number of likely N-dealkylation sites (N-methyl/N-ethyl adjacent to an activating group) is 1. The number of carbonyl (C=O) groups excluding carboxylic acids is 1. The highest BCUT2D eigenvalue weighted by molar-refractivity contribution is 5.78. The molecular formula is C17H25F3N2O3. The van der Waals surface area contributed by atoms with E-state index in [9.17, 15) is 23.1 Å². The molecule has 1 atom stereocenters. The zero-order valence-electron chi connectivity index (χ0n) is 14.9. The van der Waals surface area contributed by atoms with Gasteiger partial charge in [0.15, 0.2) is 0 Å². The minimum absolute atomic E-state index is 0.0186. The Kier molecular flexibility index (Phi) is 7.25.